The summed E-state index contributed by atoms with van der Waals surface area (Å²) in [6, 6.07) is 7.21. The van der Waals surface area contributed by atoms with Crippen LogP contribution in [0.3, 0.4) is 0 Å². The largest absolute Gasteiger partial charge is 0.486 e. The molecule has 0 atom stereocenters. The number of carbonyl (C=O) groups excluding carboxylic acids is 1. The molecule has 0 saturated carbocycles. The van der Waals surface area contributed by atoms with Crippen LogP contribution in [-0.2, 0) is 6.61 Å². The molecule has 0 unspecified atom stereocenters. The SMILES string of the molecule is CC(C)NC(=O)c1csc(COc2ccc(Cl)cc2)n1. The molecule has 1 aromatic heterocycles. The number of thiazole rings is 1. The van der Waals surface area contributed by atoms with Gasteiger partial charge in [0.15, 0.2) is 0 Å². The summed E-state index contributed by atoms with van der Waals surface area (Å²) >= 11 is 7.20. The maximum atomic E-state index is 11.8. The third-order valence-corrected chi connectivity index (χ3v) is 3.45. The second kappa shape index (κ2) is 6.72. The van der Waals surface area contributed by atoms with Crippen LogP contribution in [0.25, 0.3) is 0 Å². The molecule has 0 fully saturated rings. The molecule has 2 rings (SSSR count). The van der Waals surface area contributed by atoms with Gasteiger partial charge in [-0.25, -0.2) is 4.98 Å². The van der Waals surface area contributed by atoms with Crippen LogP contribution in [0.5, 0.6) is 5.75 Å². The second-order valence-corrected chi connectivity index (χ2v) is 5.88. The molecule has 6 heteroatoms. The van der Waals surface area contributed by atoms with E-state index < -0.39 is 0 Å². The fraction of sp³-hybridized carbons (Fsp3) is 0.286. The molecule has 4 nitrogen and oxygen atoms in total. The van der Waals surface area contributed by atoms with Crippen molar-refractivity contribution < 1.29 is 9.53 Å². The molecule has 2 aromatic rings. The first kappa shape index (κ1) is 14.8. The van der Waals surface area contributed by atoms with Gasteiger partial charge in [-0.3, -0.25) is 4.79 Å². The van der Waals surface area contributed by atoms with Gasteiger partial charge in [-0.2, -0.15) is 0 Å². The molecule has 1 aromatic carbocycles. The third-order valence-electron chi connectivity index (χ3n) is 2.38. The van der Waals surface area contributed by atoms with E-state index in [0.717, 1.165) is 10.8 Å². The van der Waals surface area contributed by atoms with Gasteiger partial charge in [-0.15, -0.1) is 11.3 Å². The van der Waals surface area contributed by atoms with Crippen LogP contribution in [0.2, 0.25) is 5.02 Å². The Kier molecular flexibility index (Phi) is 4.98. The first-order valence-corrected chi connectivity index (χ1v) is 7.44. The van der Waals surface area contributed by atoms with Crippen molar-refractivity contribution in [3.8, 4) is 5.75 Å². The number of aromatic nitrogens is 1. The number of halogens is 1. The summed E-state index contributed by atoms with van der Waals surface area (Å²) in [5, 5.41) is 5.96. The van der Waals surface area contributed by atoms with Crippen molar-refractivity contribution in [1.82, 2.24) is 10.3 Å². The Morgan fingerprint density at radius 1 is 1.40 bits per heavy atom. The Morgan fingerprint density at radius 3 is 2.75 bits per heavy atom. The minimum Gasteiger partial charge on any atom is -0.486 e. The lowest BCUT2D eigenvalue weighted by molar-refractivity contribution is 0.0938. The highest BCUT2D eigenvalue weighted by Gasteiger charge is 2.11. The smallest absolute Gasteiger partial charge is 0.270 e. The van der Waals surface area contributed by atoms with Gasteiger partial charge in [0.05, 0.1) is 0 Å². The summed E-state index contributed by atoms with van der Waals surface area (Å²) in [6.45, 7) is 4.16. The van der Waals surface area contributed by atoms with Gasteiger partial charge in [0.25, 0.3) is 5.91 Å². The summed E-state index contributed by atoms with van der Waals surface area (Å²) in [7, 11) is 0. The zero-order valence-electron chi connectivity index (χ0n) is 11.2. The van der Waals surface area contributed by atoms with E-state index in [9.17, 15) is 4.79 Å². The summed E-state index contributed by atoms with van der Waals surface area (Å²) < 4.78 is 5.58. The monoisotopic (exact) mass is 310 g/mol. The third kappa shape index (κ3) is 4.21. The molecule has 1 amide bonds. The van der Waals surface area contributed by atoms with Crippen LogP contribution in [0.1, 0.15) is 29.3 Å². The molecular weight excluding hydrogens is 296 g/mol. The molecule has 0 bridgehead atoms. The fourth-order valence-electron chi connectivity index (χ4n) is 1.49. The van der Waals surface area contributed by atoms with Crippen LogP contribution in [0.15, 0.2) is 29.6 Å². The van der Waals surface area contributed by atoms with Crippen molar-refractivity contribution in [3.05, 3.63) is 45.4 Å². The van der Waals surface area contributed by atoms with Gasteiger partial charge in [0, 0.05) is 16.4 Å². The van der Waals surface area contributed by atoms with Crippen LogP contribution in [-0.4, -0.2) is 16.9 Å². The molecule has 0 saturated heterocycles. The van der Waals surface area contributed by atoms with Crippen LogP contribution in [0, 0.1) is 0 Å². The predicted octanol–water partition coefficient (Wildman–Crippen LogP) is 3.51. The normalized spacial score (nSPS) is 10.6. The molecule has 0 aliphatic heterocycles. The number of ether oxygens (including phenoxy) is 1. The standard InChI is InChI=1S/C14H15ClN2O2S/c1-9(2)16-14(18)12-8-20-13(17-12)7-19-11-5-3-10(15)4-6-11/h3-6,8-9H,7H2,1-2H3,(H,16,18). The highest BCUT2D eigenvalue weighted by molar-refractivity contribution is 7.09. The molecular formula is C14H15ClN2O2S. The Bertz CT molecular complexity index is 581. The summed E-state index contributed by atoms with van der Waals surface area (Å²) in [5.74, 6) is 0.562. The molecule has 1 N–H and O–H groups in total. The molecule has 0 aliphatic carbocycles. The first-order chi connectivity index (χ1) is 9.54. The summed E-state index contributed by atoms with van der Waals surface area (Å²) in [5.41, 5.74) is 0.429. The maximum Gasteiger partial charge on any atom is 0.270 e. The number of nitrogens with zero attached hydrogens (tertiary/aromatic N) is 1. The van der Waals surface area contributed by atoms with Crippen LogP contribution < -0.4 is 10.1 Å². The minimum atomic E-state index is -0.158. The van der Waals surface area contributed by atoms with Crippen molar-refractivity contribution in [2.24, 2.45) is 0 Å². The average molecular weight is 311 g/mol. The number of hydrogen-bond donors (Lipinski definition) is 1. The van der Waals surface area contributed by atoms with E-state index in [0.29, 0.717) is 17.3 Å². The number of hydrogen-bond acceptors (Lipinski definition) is 4. The van der Waals surface area contributed by atoms with E-state index >= 15 is 0 Å². The molecule has 20 heavy (non-hydrogen) atoms. The van der Waals surface area contributed by atoms with E-state index in [1.165, 1.54) is 11.3 Å². The van der Waals surface area contributed by atoms with E-state index in [1.54, 1.807) is 29.6 Å². The van der Waals surface area contributed by atoms with Crippen LogP contribution >= 0.6 is 22.9 Å². The minimum absolute atomic E-state index is 0.0953. The zero-order valence-corrected chi connectivity index (χ0v) is 12.8. The number of carbonyl (C=O) groups is 1. The Morgan fingerprint density at radius 2 is 2.10 bits per heavy atom. The topological polar surface area (TPSA) is 51.2 Å². The number of benzene rings is 1. The van der Waals surface area contributed by atoms with Gasteiger partial charge in [0.2, 0.25) is 0 Å². The second-order valence-electron chi connectivity index (χ2n) is 4.50. The van der Waals surface area contributed by atoms with Crippen LogP contribution in [0.4, 0.5) is 0 Å². The van der Waals surface area contributed by atoms with Crippen molar-refractivity contribution >= 4 is 28.8 Å². The molecule has 0 aliphatic rings. The van der Waals surface area contributed by atoms with Gasteiger partial charge >= 0.3 is 0 Å². The molecule has 106 valence electrons. The average Bonchev–Trinajstić information content (AvgIpc) is 2.86. The highest BCUT2D eigenvalue weighted by Crippen LogP contribution is 2.18. The van der Waals surface area contributed by atoms with E-state index in [-0.39, 0.29) is 11.9 Å². The quantitative estimate of drug-likeness (QED) is 0.919. The predicted molar refractivity (Wildman–Crippen MR) is 80.5 cm³/mol. The van der Waals surface area contributed by atoms with E-state index in [2.05, 4.69) is 10.3 Å². The highest BCUT2D eigenvalue weighted by atomic mass is 35.5. The lowest BCUT2D eigenvalue weighted by Gasteiger charge is -2.05. The first-order valence-electron chi connectivity index (χ1n) is 6.18. The lowest BCUT2D eigenvalue weighted by Crippen LogP contribution is -2.30. The molecule has 0 spiro atoms. The fourth-order valence-corrected chi connectivity index (χ4v) is 2.30. The van der Waals surface area contributed by atoms with Crippen molar-refractivity contribution in [2.75, 3.05) is 0 Å². The van der Waals surface area contributed by atoms with Gasteiger partial charge < -0.3 is 10.1 Å². The Balaban J connectivity index is 1.92. The maximum absolute atomic E-state index is 11.8. The summed E-state index contributed by atoms with van der Waals surface area (Å²) in [6.07, 6.45) is 0. The van der Waals surface area contributed by atoms with Crippen molar-refractivity contribution in [2.45, 2.75) is 26.5 Å². The van der Waals surface area contributed by atoms with E-state index in [4.69, 9.17) is 16.3 Å². The van der Waals surface area contributed by atoms with Gasteiger partial charge in [0.1, 0.15) is 23.1 Å². The van der Waals surface area contributed by atoms with Crippen molar-refractivity contribution in [3.63, 3.8) is 0 Å². The number of nitrogens with one attached hydrogen (secondary N) is 1. The number of amides is 1. The van der Waals surface area contributed by atoms with Gasteiger partial charge in [-0.05, 0) is 38.1 Å². The Hall–Kier alpha value is -1.59. The molecule has 0 radical (unpaired) electrons. The Labute approximate surface area is 126 Å². The van der Waals surface area contributed by atoms with Gasteiger partial charge in [-0.1, -0.05) is 11.6 Å². The molecule has 1 heterocycles. The van der Waals surface area contributed by atoms with E-state index in [1.807, 2.05) is 13.8 Å². The lowest BCUT2D eigenvalue weighted by atomic mass is 10.3. The zero-order chi connectivity index (χ0) is 14.5. The van der Waals surface area contributed by atoms with Crippen molar-refractivity contribution in [1.29, 1.82) is 0 Å². The number of rotatable bonds is 5. The summed E-state index contributed by atoms with van der Waals surface area (Å²) in [4.78, 5) is 16.0.